The van der Waals surface area contributed by atoms with Crippen molar-refractivity contribution in [2.24, 2.45) is 0 Å². The second-order valence-electron chi connectivity index (χ2n) is 17.0. The number of rotatable bonds is 5. The molecular formula is C41H60N6O8S. The molecule has 4 rings (SSSR count). The van der Waals surface area contributed by atoms with Gasteiger partial charge in [-0.05, 0) is 99.4 Å². The zero-order valence-electron chi connectivity index (χ0n) is 34.5. The lowest BCUT2D eigenvalue weighted by Gasteiger charge is -2.34. The van der Waals surface area contributed by atoms with Crippen molar-refractivity contribution in [2.45, 2.75) is 103 Å². The first-order valence-electron chi connectivity index (χ1n) is 19.2. The molecule has 56 heavy (non-hydrogen) atoms. The fraction of sp³-hybridized carbons (Fsp3) is 0.561. The molecule has 0 saturated carbocycles. The Labute approximate surface area is 332 Å². The van der Waals surface area contributed by atoms with Crippen LogP contribution in [0.3, 0.4) is 0 Å². The van der Waals surface area contributed by atoms with Gasteiger partial charge in [0.2, 0.25) is 0 Å². The number of ether oxygens (including phenoxy) is 3. The van der Waals surface area contributed by atoms with Crippen LogP contribution in [0.25, 0.3) is 10.9 Å². The summed E-state index contributed by atoms with van der Waals surface area (Å²) < 4.78 is 46.5. The number of nitrogens with one attached hydrogen (secondary N) is 1. The minimum atomic E-state index is -3.86. The molecule has 1 N–H and O–H groups in total. The smallest absolute Gasteiger partial charge is 0.410 e. The molecule has 0 bridgehead atoms. The Bertz CT molecular complexity index is 1900. The number of benzene rings is 2. The molecule has 1 fully saturated rings. The van der Waals surface area contributed by atoms with Crippen LogP contribution in [-0.2, 0) is 30.8 Å². The summed E-state index contributed by atoms with van der Waals surface area (Å²) in [7, 11) is -3.86. The van der Waals surface area contributed by atoms with Crippen LogP contribution in [0, 0.1) is 0 Å². The highest BCUT2D eigenvalue weighted by Crippen LogP contribution is 2.25. The number of sulfonamides is 1. The summed E-state index contributed by atoms with van der Waals surface area (Å²) in [6.45, 7) is 19.4. The third-order valence-electron chi connectivity index (χ3n) is 8.50. The first-order chi connectivity index (χ1) is 26.1. The Balaban J connectivity index is 1.63. The number of fused-ring (bicyclic) bond motifs is 1. The highest BCUT2D eigenvalue weighted by Gasteiger charge is 2.28. The van der Waals surface area contributed by atoms with E-state index in [0.717, 1.165) is 5.39 Å². The lowest BCUT2D eigenvalue weighted by molar-refractivity contribution is 0.0101. The fourth-order valence-corrected chi connectivity index (χ4v) is 7.05. The van der Waals surface area contributed by atoms with Crippen molar-refractivity contribution in [3.8, 4) is 0 Å². The molecule has 2 aromatic carbocycles. The molecule has 0 radical (unpaired) electrons. The average molecular weight is 797 g/mol. The van der Waals surface area contributed by atoms with Gasteiger partial charge in [0.15, 0.2) is 0 Å². The van der Waals surface area contributed by atoms with Gasteiger partial charge in [0.1, 0.15) is 16.8 Å². The maximum absolute atomic E-state index is 13.5. The molecule has 0 aliphatic carbocycles. The second kappa shape index (κ2) is 18.5. The molecule has 14 nitrogen and oxygen atoms in total. The van der Waals surface area contributed by atoms with Crippen molar-refractivity contribution in [2.75, 3.05) is 57.1 Å². The fourth-order valence-electron chi connectivity index (χ4n) is 5.96. The monoisotopic (exact) mass is 796 g/mol. The van der Waals surface area contributed by atoms with E-state index in [1.165, 1.54) is 12.1 Å². The van der Waals surface area contributed by atoms with E-state index in [1.807, 2.05) is 59.7 Å². The second-order valence-corrected chi connectivity index (χ2v) is 18.7. The van der Waals surface area contributed by atoms with Crippen molar-refractivity contribution in [1.82, 2.24) is 24.6 Å². The molecular weight excluding hydrogens is 737 g/mol. The van der Waals surface area contributed by atoms with Crippen LogP contribution >= 0.6 is 0 Å². The molecule has 1 saturated heterocycles. The number of nitrogens with zero attached hydrogens (tertiary/aromatic N) is 5. The van der Waals surface area contributed by atoms with Crippen LogP contribution in [0.5, 0.6) is 0 Å². The van der Waals surface area contributed by atoms with E-state index < -0.39 is 45.1 Å². The van der Waals surface area contributed by atoms with Crippen molar-refractivity contribution >= 4 is 44.9 Å². The average Bonchev–Trinajstić information content (AvgIpc) is 3.07. The van der Waals surface area contributed by atoms with Crippen LogP contribution < -0.4 is 4.72 Å². The van der Waals surface area contributed by atoms with Crippen molar-refractivity contribution in [3.63, 3.8) is 0 Å². The summed E-state index contributed by atoms with van der Waals surface area (Å²) in [5.74, 6) is 0. The van der Waals surface area contributed by atoms with E-state index >= 15 is 0 Å². The van der Waals surface area contributed by atoms with Gasteiger partial charge in [0.25, 0.3) is 10.0 Å². The first-order valence-corrected chi connectivity index (χ1v) is 20.7. The predicted molar refractivity (Wildman–Crippen MR) is 217 cm³/mol. The number of pyridine rings is 1. The van der Waals surface area contributed by atoms with Gasteiger partial charge in [-0.25, -0.2) is 27.8 Å². The van der Waals surface area contributed by atoms with E-state index in [1.54, 1.807) is 65.8 Å². The number of hydrogen-bond donors (Lipinski definition) is 1. The van der Waals surface area contributed by atoms with Crippen LogP contribution in [0.15, 0.2) is 65.6 Å². The number of amides is 3. The van der Waals surface area contributed by atoms with Gasteiger partial charge in [-0.1, -0.05) is 36.4 Å². The molecule has 0 unspecified atom stereocenters. The Hall–Kier alpha value is -4.63. The molecule has 1 aliphatic rings. The van der Waals surface area contributed by atoms with Gasteiger partial charge in [-0.2, -0.15) is 0 Å². The summed E-state index contributed by atoms with van der Waals surface area (Å²) in [4.78, 5) is 52.4. The normalized spacial score (nSPS) is 16.2. The lowest BCUT2D eigenvalue weighted by Crippen LogP contribution is -2.47. The van der Waals surface area contributed by atoms with Gasteiger partial charge in [0.05, 0.1) is 21.8 Å². The molecule has 1 aliphatic heterocycles. The molecule has 0 spiro atoms. The predicted octanol–water partition coefficient (Wildman–Crippen LogP) is 7.34. The molecule has 3 amide bonds. The zero-order valence-corrected chi connectivity index (χ0v) is 35.3. The number of anilines is 1. The number of para-hydroxylation sites is 1. The topological polar surface area (TPSA) is 151 Å². The van der Waals surface area contributed by atoms with E-state index in [2.05, 4.69) is 9.62 Å². The van der Waals surface area contributed by atoms with Crippen LogP contribution in [-0.4, -0.2) is 120 Å². The summed E-state index contributed by atoms with van der Waals surface area (Å²) in [6, 6.07) is 17.3. The Morgan fingerprint density at radius 3 is 1.59 bits per heavy atom. The SMILES string of the molecule is CC(C)(C)OC(=O)N1CCCN(C(=O)OC(C)(C)C)CCN(C(=O)OC(C)(C)C)CCCN(Cc2ccc3cccc(NS(=O)(=O)c4ccccc4)c3n2)CC1. The van der Waals surface area contributed by atoms with Gasteiger partial charge in [-0.3, -0.25) is 9.62 Å². The minimum absolute atomic E-state index is 0.145. The van der Waals surface area contributed by atoms with E-state index in [-0.39, 0.29) is 24.5 Å². The van der Waals surface area contributed by atoms with E-state index in [4.69, 9.17) is 19.2 Å². The molecule has 2 heterocycles. The van der Waals surface area contributed by atoms with Crippen LogP contribution in [0.1, 0.15) is 80.8 Å². The first kappa shape index (κ1) is 44.1. The van der Waals surface area contributed by atoms with Crippen molar-refractivity contribution in [1.29, 1.82) is 0 Å². The number of carbonyl (C=O) groups excluding carboxylic acids is 3. The number of hydrogen-bond acceptors (Lipinski definition) is 10. The standard InChI is InChI=1S/C41H60N6O8S/c1-39(2,3)53-36(48)45-24-15-25-47(38(50)55-41(7,8)9)29-28-46(37(49)54-40(4,5)6)23-14-22-44(26-27-45)30-32-21-20-31-16-13-19-34(35(31)42-32)43-56(51,52)33-17-11-10-12-18-33/h10-13,16-21,43H,14-15,22-30H2,1-9H3. The largest absolute Gasteiger partial charge is 0.444 e. The van der Waals surface area contributed by atoms with Gasteiger partial charge < -0.3 is 28.9 Å². The molecule has 3 aromatic rings. The number of aromatic nitrogens is 1. The Morgan fingerprint density at radius 2 is 1.09 bits per heavy atom. The lowest BCUT2D eigenvalue weighted by atomic mass is 10.1. The highest BCUT2D eigenvalue weighted by atomic mass is 32.2. The summed E-state index contributed by atoms with van der Waals surface area (Å²) in [5.41, 5.74) is -0.575. The van der Waals surface area contributed by atoms with E-state index in [9.17, 15) is 22.8 Å². The zero-order chi connectivity index (χ0) is 41.3. The minimum Gasteiger partial charge on any atom is -0.444 e. The highest BCUT2D eigenvalue weighted by molar-refractivity contribution is 7.92. The van der Waals surface area contributed by atoms with Crippen LogP contribution in [0.2, 0.25) is 0 Å². The Kier molecular flexibility index (Phi) is 14.6. The maximum atomic E-state index is 13.5. The Morgan fingerprint density at radius 1 is 0.607 bits per heavy atom. The van der Waals surface area contributed by atoms with Gasteiger partial charge in [-0.15, -0.1) is 0 Å². The molecule has 15 heteroatoms. The van der Waals surface area contributed by atoms with Crippen molar-refractivity contribution in [3.05, 3.63) is 66.4 Å². The summed E-state index contributed by atoms with van der Waals surface area (Å²) in [5, 5.41) is 0.771. The molecule has 308 valence electrons. The molecule has 1 aromatic heterocycles. The third-order valence-corrected chi connectivity index (χ3v) is 9.88. The van der Waals surface area contributed by atoms with Gasteiger partial charge in [0, 0.05) is 64.3 Å². The van der Waals surface area contributed by atoms with Gasteiger partial charge >= 0.3 is 18.3 Å². The van der Waals surface area contributed by atoms with Crippen molar-refractivity contribution < 1.29 is 37.0 Å². The maximum Gasteiger partial charge on any atom is 0.410 e. The van der Waals surface area contributed by atoms with E-state index in [0.29, 0.717) is 69.0 Å². The third kappa shape index (κ3) is 14.1. The summed E-state index contributed by atoms with van der Waals surface area (Å²) >= 11 is 0. The molecule has 0 atom stereocenters. The number of carbonyl (C=O) groups is 3. The van der Waals surface area contributed by atoms with Crippen LogP contribution in [0.4, 0.5) is 20.1 Å². The summed E-state index contributed by atoms with van der Waals surface area (Å²) in [6.07, 6.45) is -0.434. The quantitative estimate of drug-likeness (QED) is 0.260.